The van der Waals surface area contributed by atoms with Crippen molar-refractivity contribution in [1.29, 1.82) is 0 Å². The predicted molar refractivity (Wildman–Crippen MR) is 466 cm³/mol. The third-order valence-electron chi connectivity index (χ3n) is 22.5. The lowest BCUT2D eigenvalue weighted by molar-refractivity contribution is 0.590. The van der Waals surface area contributed by atoms with Crippen LogP contribution >= 0.6 is 22.7 Å². The number of hydrogen-bond donors (Lipinski definition) is 0. The summed E-state index contributed by atoms with van der Waals surface area (Å²) in [6.07, 6.45) is 0. The molecule has 0 radical (unpaired) electrons. The van der Waals surface area contributed by atoms with Crippen molar-refractivity contribution < 1.29 is 0 Å². The van der Waals surface area contributed by atoms with Crippen LogP contribution in [0, 0.1) is 0 Å². The van der Waals surface area contributed by atoms with Gasteiger partial charge in [0, 0.05) is 85.3 Å². The molecule has 0 spiro atoms. The van der Waals surface area contributed by atoms with E-state index in [-0.39, 0.29) is 23.0 Å². The number of fused-ring (bicyclic) bond motifs is 10. The van der Waals surface area contributed by atoms with E-state index < -0.39 is 0 Å². The smallest absolute Gasteiger partial charge is 0.252 e. The minimum atomic E-state index is -0.335. The van der Waals surface area contributed by atoms with Gasteiger partial charge in [0.05, 0.1) is 11.4 Å². The molecule has 0 atom stereocenters. The molecular weight excluding hydrogens is 1330 g/mol. The van der Waals surface area contributed by atoms with Gasteiger partial charge in [0.25, 0.3) is 6.71 Å². The molecule has 5 heteroatoms. The van der Waals surface area contributed by atoms with E-state index in [1.807, 2.05) is 22.7 Å². The lowest BCUT2D eigenvalue weighted by atomic mass is 9.33. The van der Waals surface area contributed by atoms with Crippen molar-refractivity contribution in [3.05, 3.63) is 344 Å². The van der Waals surface area contributed by atoms with Crippen molar-refractivity contribution in [2.75, 3.05) is 9.80 Å². The van der Waals surface area contributed by atoms with E-state index in [2.05, 4.69) is 400 Å². The Kier molecular flexibility index (Phi) is 15.8. The SMILES string of the molecule is CC(C)(C)c1cc(-c2ccccc2)c(N2c3cc4c(cc3B3c5cc6sc7c(-c8ccccc8)cccc7c6cc5N(c5c(-c6cccc(-c7ccccc7)c6)cc(C(C)(C)C)cc5-c5cccc(-c6ccccc6)c5)c5cc(C(C)(C)C)cc2c53)sc2c(-c3ccccc3)cccc24)c(-c2ccccc2)c1. The van der Waals surface area contributed by atoms with E-state index in [9.17, 15) is 0 Å². The third kappa shape index (κ3) is 11.4. The quantitative estimate of drug-likeness (QED) is 0.126. The molecule has 4 heterocycles. The summed E-state index contributed by atoms with van der Waals surface area (Å²) in [7, 11) is 0. The summed E-state index contributed by atoms with van der Waals surface area (Å²) in [5.74, 6) is 0. The highest BCUT2D eigenvalue weighted by Gasteiger charge is 2.47. The summed E-state index contributed by atoms with van der Waals surface area (Å²) in [5.41, 5.74) is 32.9. The Morgan fingerprint density at radius 3 is 0.869 bits per heavy atom. The second-order valence-corrected chi connectivity index (χ2v) is 34.5. The highest BCUT2D eigenvalue weighted by Crippen LogP contribution is 2.57. The van der Waals surface area contributed by atoms with Gasteiger partial charge in [-0.3, -0.25) is 0 Å². The molecule has 0 N–H and O–H groups in total. The third-order valence-corrected chi connectivity index (χ3v) is 24.9. The average Bonchev–Trinajstić information content (AvgIpc) is 0.719. The summed E-state index contributed by atoms with van der Waals surface area (Å²) in [4.78, 5) is 5.56. The van der Waals surface area contributed by atoms with Gasteiger partial charge in [0.2, 0.25) is 0 Å². The molecule has 0 fully saturated rings. The van der Waals surface area contributed by atoms with Gasteiger partial charge in [0.1, 0.15) is 0 Å². The molecule has 0 bridgehead atoms. The molecule has 15 aromatic carbocycles. The standard InChI is InChI=1S/C102H81BN2S2/c1-100(2,3)74-54-81(68-40-24-14-25-41-68)96(82(55-74)69-42-26-15-27-43-69)104-89-60-85-79-50-30-48-77(66-36-20-12-21-37-66)98(79)106-93(85)62-87(89)103-88-63-94-86(80-51-31-49-78(99(80)107-94)67-38-22-13-23-39-67)61-90(88)105(92-59-76(102(7,8)9)58-91(104)95(92)103)97-83(72-46-28-44-70(52-72)64-32-16-10-17-33-64)56-75(101(4,5)6)57-84(97)73-47-29-45-71(53-73)65-34-18-11-19-35-65/h10-63H,1-9H3. The molecule has 0 saturated heterocycles. The average molecular weight is 1410 g/mol. The van der Waals surface area contributed by atoms with Gasteiger partial charge in [-0.05, 0) is 189 Å². The van der Waals surface area contributed by atoms with E-state index in [1.165, 1.54) is 174 Å². The number of hydrogen-bond acceptors (Lipinski definition) is 4. The zero-order valence-corrected chi connectivity index (χ0v) is 63.6. The summed E-state index contributed by atoms with van der Waals surface area (Å²) in [5, 5.41) is 5.03. The molecule has 2 aliphatic rings. The van der Waals surface area contributed by atoms with Crippen molar-refractivity contribution in [1.82, 2.24) is 0 Å². The minimum absolute atomic E-state index is 0.191. The predicted octanol–water partition coefficient (Wildman–Crippen LogP) is 27.7. The van der Waals surface area contributed by atoms with E-state index in [1.54, 1.807) is 0 Å². The van der Waals surface area contributed by atoms with Crippen molar-refractivity contribution in [2.24, 2.45) is 0 Å². The van der Waals surface area contributed by atoms with Crippen LogP contribution in [0.1, 0.15) is 79.0 Å². The molecule has 2 aliphatic heterocycles. The van der Waals surface area contributed by atoms with Gasteiger partial charge in [-0.25, -0.2) is 0 Å². The maximum atomic E-state index is 2.79. The Morgan fingerprint density at radius 1 is 0.234 bits per heavy atom. The van der Waals surface area contributed by atoms with Gasteiger partial charge >= 0.3 is 0 Å². The molecule has 17 aromatic rings. The number of anilines is 6. The monoisotopic (exact) mass is 1410 g/mol. The van der Waals surface area contributed by atoms with Crippen LogP contribution in [0.15, 0.2) is 328 Å². The lowest BCUT2D eigenvalue weighted by Crippen LogP contribution is -2.61. The maximum absolute atomic E-state index is 2.79. The second kappa shape index (κ2) is 25.6. The van der Waals surface area contributed by atoms with E-state index in [0.29, 0.717) is 0 Å². The molecule has 0 aliphatic carbocycles. The highest BCUT2D eigenvalue weighted by molar-refractivity contribution is 7.27. The largest absolute Gasteiger partial charge is 0.310 e. The molecule has 107 heavy (non-hydrogen) atoms. The first-order chi connectivity index (χ1) is 52.0. The van der Waals surface area contributed by atoms with Gasteiger partial charge in [-0.1, -0.05) is 317 Å². The second-order valence-electron chi connectivity index (χ2n) is 32.4. The molecule has 2 aromatic heterocycles. The van der Waals surface area contributed by atoms with Gasteiger partial charge in [-0.2, -0.15) is 0 Å². The molecular formula is C102H81BN2S2. The Morgan fingerprint density at radius 2 is 0.523 bits per heavy atom. The summed E-state index contributed by atoms with van der Waals surface area (Å²) in [6.45, 7) is 21.3. The number of rotatable bonds is 10. The fraction of sp³-hybridized carbons (Fsp3) is 0.118. The van der Waals surface area contributed by atoms with Crippen molar-refractivity contribution in [3.63, 3.8) is 0 Å². The number of thiophene rings is 2. The number of benzene rings is 15. The van der Waals surface area contributed by atoms with Crippen molar-refractivity contribution in [2.45, 2.75) is 78.6 Å². The minimum Gasteiger partial charge on any atom is -0.310 e. The van der Waals surface area contributed by atoms with Crippen LogP contribution in [0.5, 0.6) is 0 Å². The zero-order chi connectivity index (χ0) is 72.6. The molecule has 2 nitrogen and oxygen atoms in total. The van der Waals surface area contributed by atoms with E-state index >= 15 is 0 Å². The van der Waals surface area contributed by atoms with Crippen LogP contribution in [0.3, 0.4) is 0 Å². The first-order valence-corrected chi connectivity index (χ1v) is 39.3. The number of nitrogens with zero attached hydrogens (tertiary/aromatic N) is 2. The van der Waals surface area contributed by atoms with Gasteiger partial charge in [-0.15, -0.1) is 22.7 Å². The van der Waals surface area contributed by atoms with Crippen LogP contribution < -0.4 is 26.2 Å². The maximum Gasteiger partial charge on any atom is 0.252 e. The fourth-order valence-electron chi connectivity index (χ4n) is 16.9. The Labute approximate surface area is 637 Å². The molecule has 514 valence electrons. The van der Waals surface area contributed by atoms with Gasteiger partial charge in [0.15, 0.2) is 0 Å². The first kappa shape index (κ1) is 66.1. The summed E-state index contributed by atoms with van der Waals surface area (Å²) < 4.78 is 5.12. The Balaban J connectivity index is 1.02. The fourth-order valence-corrected chi connectivity index (χ4v) is 19.4. The topological polar surface area (TPSA) is 6.48 Å². The van der Waals surface area contributed by atoms with Crippen molar-refractivity contribution in [3.8, 4) is 89.0 Å². The van der Waals surface area contributed by atoms with Crippen LogP contribution in [0.25, 0.3) is 129 Å². The lowest BCUT2D eigenvalue weighted by Gasteiger charge is -2.46. The van der Waals surface area contributed by atoms with Crippen LogP contribution in [0.2, 0.25) is 0 Å². The van der Waals surface area contributed by atoms with Crippen LogP contribution in [-0.2, 0) is 16.2 Å². The Hall–Kier alpha value is -11.6. The zero-order valence-electron chi connectivity index (χ0n) is 62.0. The van der Waals surface area contributed by atoms with Crippen molar-refractivity contribution >= 4 is 120 Å². The Bertz CT molecular complexity index is 6190. The molecule has 0 unspecified atom stereocenters. The van der Waals surface area contributed by atoms with E-state index in [0.717, 1.165) is 22.5 Å². The highest BCUT2D eigenvalue weighted by atomic mass is 32.1. The molecule has 0 amide bonds. The summed E-state index contributed by atoms with van der Waals surface area (Å²) >= 11 is 3.88. The van der Waals surface area contributed by atoms with Gasteiger partial charge < -0.3 is 9.80 Å². The first-order valence-electron chi connectivity index (χ1n) is 37.6. The van der Waals surface area contributed by atoms with Crippen LogP contribution in [-0.4, -0.2) is 6.71 Å². The van der Waals surface area contributed by atoms with Crippen LogP contribution in [0.4, 0.5) is 34.1 Å². The molecule has 19 rings (SSSR count). The normalized spacial score (nSPS) is 12.9. The molecule has 0 saturated carbocycles. The van der Waals surface area contributed by atoms with E-state index in [4.69, 9.17) is 0 Å². The summed E-state index contributed by atoms with van der Waals surface area (Å²) in [6, 6.07) is 125.